The quantitative estimate of drug-likeness (QED) is 0.415. The van der Waals surface area contributed by atoms with Gasteiger partial charge in [-0.15, -0.1) is 21.5 Å². The van der Waals surface area contributed by atoms with Crippen LogP contribution >= 0.6 is 22.9 Å². The van der Waals surface area contributed by atoms with Crippen molar-refractivity contribution >= 4 is 39.8 Å². The number of anilines is 2. The number of carbonyl (C=O) groups excluding carboxylic acids is 1. The summed E-state index contributed by atoms with van der Waals surface area (Å²) in [6.07, 6.45) is 1.72. The first-order valence-electron chi connectivity index (χ1n) is 10.4. The normalized spacial score (nSPS) is 14.4. The summed E-state index contributed by atoms with van der Waals surface area (Å²) in [5, 5.41) is 20.0. The van der Waals surface area contributed by atoms with Crippen LogP contribution in [0.15, 0.2) is 41.9 Å². The molecule has 0 unspecified atom stereocenters. The molecule has 1 aromatic carbocycles. The van der Waals surface area contributed by atoms with Crippen molar-refractivity contribution < 1.29 is 9.18 Å². The van der Waals surface area contributed by atoms with E-state index < -0.39 is 5.82 Å². The molecule has 2 N–H and O–H groups in total. The molecule has 1 saturated heterocycles. The lowest BCUT2D eigenvalue weighted by molar-refractivity contribution is 0.0622. The lowest BCUT2D eigenvalue weighted by Crippen LogP contribution is -2.48. The number of rotatable bonds is 6. The van der Waals surface area contributed by atoms with Crippen LogP contribution in [0.25, 0.3) is 11.4 Å². The lowest BCUT2D eigenvalue weighted by atomic mass is 10.1. The van der Waals surface area contributed by atoms with E-state index in [4.69, 9.17) is 16.6 Å². The number of pyridine rings is 1. The molecule has 13 heteroatoms. The summed E-state index contributed by atoms with van der Waals surface area (Å²) in [5.41, 5.74) is 1.57. The average Bonchev–Trinajstić information content (AvgIpc) is 3.56. The molecule has 1 amide bonds. The summed E-state index contributed by atoms with van der Waals surface area (Å²) in [7, 11) is 0. The third-order valence-corrected chi connectivity index (χ3v) is 6.36. The minimum Gasteiger partial charge on any atom is -0.336 e. The third kappa shape index (κ3) is 4.88. The van der Waals surface area contributed by atoms with Crippen LogP contribution in [0.4, 0.5) is 15.3 Å². The zero-order chi connectivity index (χ0) is 23.5. The topological polar surface area (TPSA) is 116 Å². The Kier molecular flexibility index (Phi) is 6.43. The van der Waals surface area contributed by atoms with E-state index in [2.05, 4.69) is 35.8 Å². The molecule has 1 aliphatic heterocycles. The zero-order valence-electron chi connectivity index (χ0n) is 17.8. The fourth-order valence-electron chi connectivity index (χ4n) is 3.72. The SMILES string of the molecule is O=C(c1cccc(Cl)c1F)N1CCN(Cc2cc(-c3nn[nH]n3)cc(Nc3nccs3)n2)CC1. The van der Waals surface area contributed by atoms with Gasteiger partial charge in [-0.1, -0.05) is 17.7 Å². The summed E-state index contributed by atoms with van der Waals surface area (Å²) in [5.74, 6) is 0.0495. The van der Waals surface area contributed by atoms with E-state index in [1.54, 1.807) is 17.2 Å². The van der Waals surface area contributed by atoms with Gasteiger partial charge in [0.25, 0.3) is 5.91 Å². The van der Waals surface area contributed by atoms with E-state index in [-0.39, 0.29) is 16.5 Å². The maximum atomic E-state index is 14.3. The molecule has 34 heavy (non-hydrogen) atoms. The highest BCUT2D eigenvalue weighted by molar-refractivity contribution is 7.13. The minimum absolute atomic E-state index is 0.00617. The highest BCUT2D eigenvalue weighted by Gasteiger charge is 2.25. The van der Waals surface area contributed by atoms with Crippen LogP contribution in [0.2, 0.25) is 5.02 Å². The highest BCUT2D eigenvalue weighted by Crippen LogP contribution is 2.24. The van der Waals surface area contributed by atoms with Gasteiger partial charge in [0.2, 0.25) is 5.82 Å². The van der Waals surface area contributed by atoms with Crippen molar-refractivity contribution in [3.8, 4) is 11.4 Å². The Morgan fingerprint density at radius 2 is 2.09 bits per heavy atom. The standard InChI is InChI=1S/C21H19ClFN9OS/c22-16-3-1-2-15(18(16)23)20(33)32-7-5-31(6-8-32)12-14-10-13(19-27-29-30-28-19)11-17(25-14)26-21-24-4-9-34-21/h1-4,9-11H,5-8,12H2,(H,24,25,26)(H,27,28,29,30). The third-order valence-electron chi connectivity index (χ3n) is 5.38. The molecule has 4 heterocycles. The number of nitrogens with one attached hydrogen (secondary N) is 2. The second-order valence-corrected chi connectivity index (χ2v) is 8.90. The molecule has 1 fully saturated rings. The van der Waals surface area contributed by atoms with Gasteiger partial charge in [-0.25, -0.2) is 14.4 Å². The Morgan fingerprint density at radius 1 is 1.24 bits per heavy atom. The number of amides is 1. The van der Waals surface area contributed by atoms with Crippen molar-refractivity contribution in [2.24, 2.45) is 0 Å². The van der Waals surface area contributed by atoms with E-state index in [9.17, 15) is 9.18 Å². The Balaban J connectivity index is 1.28. The van der Waals surface area contributed by atoms with Gasteiger partial charge >= 0.3 is 0 Å². The molecule has 0 atom stereocenters. The van der Waals surface area contributed by atoms with E-state index in [0.717, 1.165) is 16.4 Å². The summed E-state index contributed by atoms with van der Waals surface area (Å²) in [6.45, 7) is 2.75. The number of H-pyrrole nitrogens is 1. The van der Waals surface area contributed by atoms with Crippen LogP contribution in [-0.4, -0.2) is 72.5 Å². The summed E-state index contributed by atoms with van der Waals surface area (Å²) in [4.78, 5) is 25.6. The highest BCUT2D eigenvalue weighted by atomic mass is 35.5. The fraction of sp³-hybridized carbons (Fsp3) is 0.238. The maximum absolute atomic E-state index is 14.3. The Hall–Kier alpha value is -3.48. The number of tetrazole rings is 1. The summed E-state index contributed by atoms with van der Waals surface area (Å²) in [6, 6.07) is 8.22. The zero-order valence-corrected chi connectivity index (χ0v) is 19.4. The Morgan fingerprint density at radius 3 is 2.82 bits per heavy atom. The number of aromatic amines is 1. The van der Waals surface area contributed by atoms with Crippen molar-refractivity contribution in [1.29, 1.82) is 0 Å². The first kappa shape index (κ1) is 22.3. The van der Waals surface area contributed by atoms with Crippen LogP contribution in [0, 0.1) is 5.82 Å². The first-order valence-corrected chi connectivity index (χ1v) is 11.7. The van der Waals surface area contributed by atoms with Gasteiger partial charge in [-0.2, -0.15) is 5.21 Å². The van der Waals surface area contributed by atoms with Crippen LogP contribution in [-0.2, 0) is 6.54 Å². The molecule has 174 valence electrons. The van der Waals surface area contributed by atoms with Gasteiger partial charge < -0.3 is 10.2 Å². The number of thiazole rings is 1. The predicted octanol–water partition coefficient (Wildman–Crippen LogP) is 3.21. The number of carbonyl (C=O) groups is 1. The summed E-state index contributed by atoms with van der Waals surface area (Å²) >= 11 is 7.30. The molecule has 10 nitrogen and oxygen atoms in total. The molecular formula is C21H19ClFN9OS. The van der Waals surface area contributed by atoms with E-state index in [0.29, 0.717) is 44.4 Å². The van der Waals surface area contributed by atoms with Crippen LogP contribution in [0.1, 0.15) is 16.1 Å². The van der Waals surface area contributed by atoms with Gasteiger partial charge in [0.15, 0.2) is 10.9 Å². The molecule has 0 aliphatic carbocycles. The molecule has 0 radical (unpaired) electrons. The van der Waals surface area contributed by atoms with Crippen molar-refractivity contribution in [2.45, 2.75) is 6.54 Å². The van der Waals surface area contributed by atoms with Crippen molar-refractivity contribution in [2.75, 3.05) is 31.5 Å². The number of hydrogen-bond donors (Lipinski definition) is 2. The number of piperazine rings is 1. The van der Waals surface area contributed by atoms with E-state index in [1.807, 2.05) is 17.5 Å². The number of benzene rings is 1. The molecule has 3 aromatic heterocycles. The second kappa shape index (κ2) is 9.79. The Labute approximate surface area is 202 Å². The predicted molar refractivity (Wildman–Crippen MR) is 125 cm³/mol. The average molecular weight is 500 g/mol. The van der Waals surface area contributed by atoms with Gasteiger partial charge in [0.05, 0.1) is 16.3 Å². The molecule has 0 saturated carbocycles. The fourth-order valence-corrected chi connectivity index (χ4v) is 4.43. The Bertz CT molecular complexity index is 1280. The van der Waals surface area contributed by atoms with Crippen molar-refractivity contribution in [3.05, 3.63) is 64.0 Å². The molecule has 0 spiro atoms. The molecule has 4 aromatic rings. The molecule has 0 bridgehead atoms. The van der Waals surface area contributed by atoms with Gasteiger partial charge in [-0.3, -0.25) is 9.69 Å². The lowest BCUT2D eigenvalue weighted by Gasteiger charge is -2.34. The van der Waals surface area contributed by atoms with Crippen molar-refractivity contribution in [3.63, 3.8) is 0 Å². The van der Waals surface area contributed by atoms with Crippen LogP contribution in [0.3, 0.4) is 0 Å². The number of aromatic nitrogens is 6. The number of nitrogens with zero attached hydrogens (tertiary/aromatic N) is 7. The van der Waals surface area contributed by atoms with Gasteiger partial charge in [0, 0.05) is 49.9 Å². The smallest absolute Gasteiger partial charge is 0.256 e. The van der Waals surface area contributed by atoms with Crippen LogP contribution in [0.5, 0.6) is 0 Å². The van der Waals surface area contributed by atoms with E-state index in [1.165, 1.54) is 23.5 Å². The van der Waals surface area contributed by atoms with Gasteiger partial charge in [0.1, 0.15) is 5.82 Å². The van der Waals surface area contributed by atoms with Crippen molar-refractivity contribution in [1.82, 2.24) is 40.4 Å². The molecule has 5 rings (SSSR count). The van der Waals surface area contributed by atoms with Crippen LogP contribution < -0.4 is 5.32 Å². The van der Waals surface area contributed by atoms with Gasteiger partial charge in [-0.05, 0) is 29.5 Å². The van der Waals surface area contributed by atoms with E-state index >= 15 is 0 Å². The first-order chi connectivity index (χ1) is 16.6. The largest absolute Gasteiger partial charge is 0.336 e. The summed E-state index contributed by atoms with van der Waals surface area (Å²) < 4.78 is 14.3. The molecular weight excluding hydrogens is 481 g/mol. The number of hydrogen-bond acceptors (Lipinski definition) is 9. The molecule has 1 aliphatic rings. The maximum Gasteiger partial charge on any atom is 0.256 e. The minimum atomic E-state index is -0.681. The number of halogens is 2. The second-order valence-electron chi connectivity index (χ2n) is 7.60. The monoisotopic (exact) mass is 499 g/mol.